The van der Waals surface area contributed by atoms with Gasteiger partial charge in [0.05, 0.1) is 5.75 Å². The summed E-state index contributed by atoms with van der Waals surface area (Å²) in [5.74, 6) is 1.52. The Morgan fingerprint density at radius 2 is 1.56 bits per heavy atom. The second-order valence-corrected chi connectivity index (χ2v) is 6.85. The van der Waals surface area contributed by atoms with E-state index in [0.29, 0.717) is 30.8 Å². The smallest absolute Gasteiger partial charge is 0.212 e. The second-order valence-electron chi connectivity index (χ2n) is 4.92. The van der Waals surface area contributed by atoms with Crippen molar-refractivity contribution in [2.75, 3.05) is 25.9 Å². The second kappa shape index (κ2) is 7.25. The van der Waals surface area contributed by atoms with Gasteiger partial charge in [-0.15, -0.1) is 0 Å². The number of sulfonamides is 1. The van der Waals surface area contributed by atoms with Gasteiger partial charge in [-0.1, -0.05) is 27.7 Å². The average molecular weight is 250 g/mol. The van der Waals surface area contributed by atoms with Crippen molar-refractivity contribution in [3.8, 4) is 0 Å². The molecule has 0 aromatic heterocycles. The van der Waals surface area contributed by atoms with Crippen LogP contribution in [0.4, 0.5) is 0 Å². The molecule has 0 fully saturated rings. The number of rotatable bonds is 8. The molecule has 0 unspecified atom stereocenters. The largest absolute Gasteiger partial charge is 0.319 e. The molecule has 2 N–H and O–H groups in total. The van der Waals surface area contributed by atoms with Crippen LogP contribution in [0.25, 0.3) is 0 Å². The van der Waals surface area contributed by atoms with E-state index in [-0.39, 0.29) is 5.75 Å². The van der Waals surface area contributed by atoms with Crippen LogP contribution in [0.2, 0.25) is 0 Å². The molecule has 16 heavy (non-hydrogen) atoms. The highest BCUT2D eigenvalue weighted by Crippen LogP contribution is 2.19. The molecular weight excluding hydrogens is 224 g/mol. The normalized spacial score (nSPS) is 13.0. The van der Waals surface area contributed by atoms with E-state index in [1.165, 1.54) is 0 Å². The maximum atomic E-state index is 11.6. The monoisotopic (exact) mass is 250 g/mol. The highest BCUT2D eigenvalue weighted by Gasteiger charge is 2.19. The van der Waals surface area contributed by atoms with Gasteiger partial charge >= 0.3 is 0 Å². The van der Waals surface area contributed by atoms with Crippen LogP contribution in [-0.2, 0) is 10.0 Å². The van der Waals surface area contributed by atoms with Crippen molar-refractivity contribution in [1.82, 2.24) is 10.0 Å². The summed E-state index contributed by atoms with van der Waals surface area (Å²) in [5, 5.41) is 2.84. The molecule has 0 aliphatic rings. The fourth-order valence-corrected chi connectivity index (χ4v) is 2.84. The quantitative estimate of drug-likeness (QED) is 0.677. The third-order valence-electron chi connectivity index (χ3n) is 2.87. The van der Waals surface area contributed by atoms with Gasteiger partial charge in [-0.2, -0.15) is 0 Å². The Morgan fingerprint density at radius 3 is 1.94 bits per heavy atom. The third kappa shape index (κ3) is 6.45. The summed E-state index contributed by atoms with van der Waals surface area (Å²) in [6, 6.07) is 0. The Balaban J connectivity index is 4.20. The third-order valence-corrected chi connectivity index (χ3v) is 4.22. The molecule has 0 aliphatic heterocycles. The first-order valence-electron chi connectivity index (χ1n) is 5.92. The predicted octanol–water partition coefficient (Wildman–Crippen LogP) is 1.05. The average Bonchev–Trinajstić information content (AvgIpc) is 2.13. The van der Waals surface area contributed by atoms with Crippen molar-refractivity contribution in [2.24, 2.45) is 17.8 Å². The Hall–Kier alpha value is -0.130. The van der Waals surface area contributed by atoms with E-state index < -0.39 is 10.0 Å². The summed E-state index contributed by atoms with van der Waals surface area (Å²) in [4.78, 5) is 0. The molecule has 5 heteroatoms. The first kappa shape index (κ1) is 15.9. The van der Waals surface area contributed by atoms with Crippen LogP contribution in [0, 0.1) is 17.8 Å². The van der Waals surface area contributed by atoms with Crippen molar-refractivity contribution < 1.29 is 8.42 Å². The van der Waals surface area contributed by atoms with Gasteiger partial charge in [-0.05, 0) is 24.8 Å². The summed E-state index contributed by atoms with van der Waals surface area (Å²) < 4.78 is 25.9. The molecule has 0 amide bonds. The van der Waals surface area contributed by atoms with E-state index in [1.54, 1.807) is 7.05 Å². The number of hydrogen-bond donors (Lipinski definition) is 2. The number of nitrogens with one attached hydrogen (secondary N) is 2. The van der Waals surface area contributed by atoms with Crippen LogP contribution < -0.4 is 10.0 Å². The topological polar surface area (TPSA) is 58.2 Å². The van der Waals surface area contributed by atoms with Crippen LogP contribution in [0.5, 0.6) is 0 Å². The van der Waals surface area contributed by atoms with Crippen molar-refractivity contribution >= 4 is 10.0 Å². The Bertz CT molecular complexity index is 266. The molecule has 98 valence electrons. The van der Waals surface area contributed by atoms with E-state index in [2.05, 4.69) is 37.7 Å². The van der Waals surface area contributed by atoms with Crippen LogP contribution in [0.1, 0.15) is 27.7 Å². The van der Waals surface area contributed by atoms with Gasteiger partial charge in [0.2, 0.25) is 10.0 Å². The molecule has 0 aromatic rings. The van der Waals surface area contributed by atoms with E-state index in [9.17, 15) is 8.42 Å². The first-order chi connectivity index (χ1) is 7.30. The summed E-state index contributed by atoms with van der Waals surface area (Å²) >= 11 is 0. The minimum Gasteiger partial charge on any atom is -0.319 e. The molecule has 0 spiro atoms. The van der Waals surface area contributed by atoms with Crippen LogP contribution in [-0.4, -0.2) is 34.3 Å². The zero-order chi connectivity index (χ0) is 12.8. The van der Waals surface area contributed by atoms with Crippen LogP contribution in [0.15, 0.2) is 0 Å². The van der Waals surface area contributed by atoms with Gasteiger partial charge in [0.15, 0.2) is 0 Å². The number of hydrogen-bond acceptors (Lipinski definition) is 3. The standard InChI is InChI=1S/C11H26N2O2S/c1-9(2)11(10(3)4)8-13-16(14,15)7-6-12-5/h9-13H,6-8H2,1-5H3. The molecule has 0 aliphatic carbocycles. The molecule has 0 aromatic carbocycles. The Labute approximate surface area is 100 Å². The summed E-state index contributed by atoms with van der Waals surface area (Å²) in [6.07, 6.45) is 0. The molecule has 0 rings (SSSR count). The molecule has 0 atom stereocenters. The molecule has 4 nitrogen and oxygen atoms in total. The maximum absolute atomic E-state index is 11.6. The highest BCUT2D eigenvalue weighted by atomic mass is 32.2. The summed E-state index contributed by atoms with van der Waals surface area (Å²) in [6.45, 7) is 9.56. The summed E-state index contributed by atoms with van der Waals surface area (Å²) in [5.41, 5.74) is 0. The summed E-state index contributed by atoms with van der Waals surface area (Å²) in [7, 11) is -1.37. The maximum Gasteiger partial charge on any atom is 0.212 e. The SMILES string of the molecule is CNCCS(=O)(=O)NCC(C(C)C)C(C)C. The van der Waals surface area contributed by atoms with Crippen LogP contribution in [0.3, 0.4) is 0 Å². The van der Waals surface area contributed by atoms with Gasteiger partial charge < -0.3 is 5.32 Å². The van der Waals surface area contributed by atoms with Gasteiger partial charge in [-0.25, -0.2) is 13.1 Å². The molecular formula is C11H26N2O2S. The van der Waals surface area contributed by atoms with Gasteiger partial charge in [-0.3, -0.25) is 0 Å². The lowest BCUT2D eigenvalue weighted by molar-refractivity contribution is 0.289. The van der Waals surface area contributed by atoms with Crippen molar-refractivity contribution in [2.45, 2.75) is 27.7 Å². The fourth-order valence-electron chi connectivity index (χ4n) is 1.77. The lowest BCUT2D eigenvalue weighted by Crippen LogP contribution is -2.37. The molecule has 0 radical (unpaired) electrons. The van der Waals surface area contributed by atoms with E-state index in [4.69, 9.17) is 0 Å². The van der Waals surface area contributed by atoms with Crippen molar-refractivity contribution in [3.05, 3.63) is 0 Å². The minimum atomic E-state index is -3.12. The molecule has 0 heterocycles. The van der Waals surface area contributed by atoms with Crippen molar-refractivity contribution in [1.29, 1.82) is 0 Å². The van der Waals surface area contributed by atoms with Gasteiger partial charge in [0.25, 0.3) is 0 Å². The molecule has 0 bridgehead atoms. The lowest BCUT2D eigenvalue weighted by Gasteiger charge is -2.24. The zero-order valence-electron chi connectivity index (χ0n) is 11.1. The zero-order valence-corrected chi connectivity index (χ0v) is 11.9. The fraction of sp³-hybridized carbons (Fsp3) is 1.00. The predicted molar refractivity (Wildman–Crippen MR) is 68.9 cm³/mol. The lowest BCUT2D eigenvalue weighted by atomic mass is 9.86. The van der Waals surface area contributed by atoms with Gasteiger partial charge in [0.1, 0.15) is 0 Å². The Kier molecular flexibility index (Phi) is 7.19. The van der Waals surface area contributed by atoms with E-state index >= 15 is 0 Å². The first-order valence-corrected chi connectivity index (χ1v) is 7.57. The van der Waals surface area contributed by atoms with E-state index in [0.717, 1.165) is 0 Å². The van der Waals surface area contributed by atoms with E-state index in [1.807, 2.05) is 0 Å². The molecule has 0 saturated heterocycles. The molecule has 0 saturated carbocycles. The van der Waals surface area contributed by atoms with Crippen LogP contribution >= 0.6 is 0 Å². The Morgan fingerprint density at radius 1 is 1.06 bits per heavy atom. The minimum absolute atomic E-state index is 0.145. The van der Waals surface area contributed by atoms with Gasteiger partial charge in [0, 0.05) is 13.1 Å². The highest BCUT2D eigenvalue weighted by molar-refractivity contribution is 7.89. The van der Waals surface area contributed by atoms with Crippen molar-refractivity contribution in [3.63, 3.8) is 0 Å².